The largest absolute Gasteiger partial charge is 0.390 e. The Morgan fingerprint density at radius 1 is 1.47 bits per heavy atom. The molecule has 2 aromatic rings. The van der Waals surface area contributed by atoms with Gasteiger partial charge < -0.3 is 9.67 Å². The minimum atomic E-state index is -0.676. The summed E-state index contributed by atoms with van der Waals surface area (Å²) in [4.78, 5) is 4.31. The second-order valence-electron chi connectivity index (χ2n) is 4.63. The molecule has 15 heavy (non-hydrogen) atoms. The molecule has 0 saturated heterocycles. The second-order valence-corrected chi connectivity index (χ2v) is 4.63. The van der Waals surface area contributed by atoms with E-state index in [9.17, 15) is 5.11 Å². The van der Waals surface area contributed by atoms with Gasteiger partial charge in [-0.2, -0.15) is 0 Å². The summed E-state index contributed by atoms with van der Waals surface area (Å²) < 4.78 is 2.00. The smallest absolute Gasteiger partial charge is 0.139 e. The van der Waals surface area contributed by atoms with E-state index in [1.54, 1.807) is 6.20 Å². The van der Waals surface area contributed by atoms with Crippen molar-refractivity contribution in [3.05, 3.63) is 30.1 Å². The van der Waals surface area contributed by atoms with E-state index >= 15 is 0 Å². The van der Waals surface area contributed by atoms with Gasteiger partial charge in [0, 0.05) is 31.2 Å². The molecule has 0 aromatic carbocycles. The number of hydrogen-bond donors (Lipinski definition) is 1. The molecule has 0 aliphatic carbocycles. The molecule has 0 atom stereocenters. The SMILES string of the molecule is Cn1cc(CC(C)(C)O)c2cccnc21. The van der Waals surface area contributed by atoms with E-state index in [1.807, 2.05) is 43.8 Å². The summed E-state index contributed by atoms with van der Waals surface area (Å²) in [5.74, 6) is 0. The number of pyridine rings is 1. The fourth-order valence-corrected chi connectivity index (χ4v) is 1.90. The third-order valence-electron chi connectivity index (χ3n) is 2.44. The minimum Gasteiger partial charge on any atom is -0.390 e. The Labute approximate surface area is 89.4 Å². The van der Waals surface area contributed by atoms with Crippen LogP contribution in [0.4, 0.5) is 0 Å². The van der Waals surface area contributed by atoms with E-state index in [2.05, 4.69) is 4.98 Å². The minimum absolute atomic E-state index is 0.649. The highest BCUT2D eigenvalue weighted by Crippen LogP contribution is 2.22. The summed E-state index contributed by atoms with van der Waals surface area (Å²) in [6.07, 6.45) is 4.47. The van der Waals surface area contributed by atoms with E-state index < -0.39 is 5.60 Å². The molecule has 2 heterocycles. The van der Waals surface area contributed by atoms with Crippen molar-refractivity contribution in [2.24, 2.45) is 7.05 Å². The van der Waals surface area contributed by atoms with Crippen molar-refractivity contribution in [1.29, 1.82) is 0 Å². The van der Waals surface area contributed by atoms with Gasteiger partial charge in [-0.1, -0.05) is 0 Å². The first-order valence-corrected chi connectivity index (χ1v) is 5.09. The summed E-state index contributed by atoms with van der Waals surface area (Å²) in [5, 5.41) is 10.9. The van der Waals surface area contributed by atoms with Crippen molar-refractivity contribution in [2.75, 3.05) is 0 Å². The molecule has 0 aliphatic heterocycles. The van der Waals surface area contributed by atoms with Gasteiger partial charge in [-0.3, -0.25) is 0 Å². The average Bonchev–Trinajstić information content (AvgIpc) is 2.42. The highest BCUT2D eigenvalue weighted by molar-refractivity contribution is 5.80. The predicted octanol–water partition coefficient (Wildman–Crippen LogP) is 1.89. The fraction of sp³-hybridized carbons (Fsp3) is 0.417. The van der Waals surface area contributed by atoms with Gasteiger partial charge in [0.1, 0.15) is 5.65 Å². The molecule has 2 aromatic heterocycles. The van der Waals surface area contributed by atoms with Crippen molar-refractivity contribution in [3.8, 4) is 0 Å². The van der Waals surface area contributed by atoms with Crippen LogP contribution in [0.1, 0.15) is 19.4 Å². The standard InChI is InChI=1S/C12H16N2O/c1-12(2,15)7-9-8-14(3)11-10(9)5-4-6-13-11/h4-6,8,15H,7H2,1-3H3. The maximum absolute atomic E-state index is 9.81. The molecule has 0 aliphatic rings. The maximum Gasteiger partial charge on any atom is 0.139 e. The molecule has 0 unspecified atom stereocenters. The number of nitrogens with zero attached hydrogens (tertiary/aromatic N) is 2. The monoisotopic (exact) mass is 204 g/mol. The number of aromatic nitrogens is 2. The van der Waals surface area contributed by atoms with Crippen LogP contribution in [0, 0.1) is 0 Å². The van der Waals surface area contributed by atoms with E-state index in [4.69, 9.17) is 0 Å². The molecule has 0 radical (unpaired) electrons. The van der Waals surface area contributed by atoms with Gasteiger partial charge in [0.2, 0.25) is 0 Å². The Balaban J connectivity index is 2.53. The number of fused-ring (bicyclic) bond motifs is 1. The van der Waals surface area contributed by atoms with Crippen LogP contribution in [0.2, 0.25) is 0 Å². The average molecular weight is 204 g/mol. The van der Waals surface area contributed by atoms with Gasteiger partial charge in [-0.05, 0) is 31.5 Å². The lowest BCUT2D eigenvalue weighted by Crippen LogP contribution is -2.21. The molecule has 0 amide bonds. The van der Waals surface area contributed by atoms with Crippen LogP contribution in [0.3, 0.4) is 0 Å². The summed E-state index contributed by atoms with van der Waals surface area (Å²) in [7, 11) is 1.98. The number of aryl methyl sites for hydroxylation is 1. The zero-order valence-electron chi connectivity index (χ0n) is 9.36. The Hall–Kier alpha value is -1.35. The Kier molecular flexibility index (Phi) is 2.27. The van der Waals surface area contributed by atoms with Crippen LogP contribution in [0.5, 0.6) is 0 Å². The molecule has 0 spiro atoms. The molecular weight excluding hydrogens is 188 g/mol. The normalized spacial score (nSPS) is 12.3. The lowest BCUT2D eigenvalue weighted by molar-refractivity contribution is 0.0813. The first kappa shape index (κ1) is 10.2. The van der Waals surface area contributed by atoms with Crippen LogP contribution in [0.25, 0.3) is 11.0 Å². The molecule has 0 fully saturated rings. The molecule has 1 N–H and O–H groups in total. The van der Waals surface area contributed by atoms with Gasteiger partial charge >= 0.3 is 0 Å². The van der Waals surface area contributed by atoms with Gasteiger partial charge in [0.25, 0.3) is 0 Å². The van der Waals surface area contributed by atoms with Crippen molar-refractivity contribution in [3.63, 3.8) is 0 Å². The van der Waals surface area contributed by atoms with Gasteiger partial charge in [-0.15, -0.1) is 0 Å². The second kappa shape index (κ2) is 3.35. The van der Waals surface area contributed by atoms with Crippen LogP contribution >= 0.6 is 0 Å². The Bertz CT molecular complexity index is 480. The maximum atomic E-state index is 9.81. The number of hydrogen-bond acceptors (Lipinski definition) is 2. The Morgan fingerprint density at radius 2 is 2.20 bits per heavy atom. The number of rotatable bonds is 2. The van der Waals surface area contributed by atoms with Crippen LogP contribution in [-0.2, 0) is 13.5 Å². The van der Waals surface area contributed by atoms with Crippen LogP contribution in [-0.4, -0.2) is 20.3 Å². The van der Waals surface area contributed by atoms with Crippen LogP contribution in [0.15, 0.2) is 24.5 Å². The molecular formula is C12H16N2O. The first-order chi connectivity index (χ1) is 6.97. The first-order valence-electron chi connectivity index (χ1n) is 5.09. The molecule has 3 nitrogen and oxygen atoms in total. The van der Waals surface area contributed by atoms with Crippen molar-refractivity contribution >= 4 is 11.0 Å². The summed E-state index contributed by atoms with van der Waals surface area (Å²) in [6.45, 7) is 3.64. The molecule has 0 saturated carbocycles. The topological polar surface area (TPSA) is 38.0 Å². The van der Waals surface area contributed by atoms with E-state index in [0.29, 0.717) is 6.42 Å². The summed E-state index contributed by atoms with van der Waals surface area (Å²) >= 11 is 0. The molecule has 2 rings (SSSR count). The molecule has 0 bridgehead atoms. The highest BCUT2D eigenvalue weighted by Gasteiger charge is 2.17. The van der Waals surface area contributed by atoms with Crippen molar-refractivity contribution < 1.29 is 5.11 Å². The zero-order chi connectivity index (χ0) is 11.1. The van der Waals surface area contributed by atoms with Gasteiger partial charge in [0.15, 0.2) is 0 Å². The molecule has 80 valence electrons. The summed E-state index contributed by atoms with van der Waals surface area (Å²) in [6, 6.07) is 3.97. The van der Waals surface area contributed by atoms with E-state index in [1.165, 1.54) is 0 Å². The van der Waals surface area contributed by atoms with Crippen molar-refractivity contribution in [1.82, 2.24) is 9.55 Å². The van der Waals surface area contributed by atoms with Crippen molar-refractivity contribution in [2.45, 2.75) is 25.9 Å². The molecule has 3 heteroatoms. The fourth-order valence-electron chi connectivity index (χ4n) is 1.90. The third kappa shape index (κ3) is 2.02. The van der Waals surface area contributed by atoms with Crippen LogP contribution < -0.4 is 0 Å². The van der Waals surface area contributed by atoms with E-state index in [-0.39, 0.29) is 0 Å². The quantitative estimate of drug-likeness (QED) is 0.811. The third-order valence-corrected chi connectivity index (χ3v) is 2.44. The summed E-state index contributed by atoms with van der Waals surface area (Å²) in [5.41, 5.74) is 1.44. The van der Waals surface area contributed by atoms with E-state index in [0.717, 1.165) is 16.6 Å². The van der Waals surface area contributed by atoms with Gasteiger partial charge in [-0.25, -0.2) is 4.98 Å². The number of aliphatic hydroxyl groups is 1. The highest BCUT2D eigenvalue weighted by atomic mass is 16.3. The Morgan fingerprint density at radius 3 is 2.87 bits per heavy atom. The lowest BCUT2D eigenvalue weighted by Gasteiger charge is -2.15. The zero-order valence-corrected chi connectivity index (χ0v) is 9.36. The predicted molar refractivity (Wildman–Crippen MR) is 60.7 cm³/mol. The lowest BCUT2D eigenvalue weighted by atomic mass is 9.99. The van der Waals surface area contributed by atoms with Gasteiger partial charge in [0.05, 0.1) is 5.60 Å².